The summed E-state index contributed by atoms with van der Waals surface area (Å²) in [5.41, 5.74) is 0. The third-order valence-electron chi connectivity index (χ3n) is 3.50. The summed E-state index contributed by atoms with van der Waals surface area (Å²) in [5.74, 6) is 1.22. The van der Waals surface area contributed by atoms with E-state index in [1.54, 1.807) is 24.3 Å². The van der Waals surface area contributed by atoms with E-state index in [2.05, 4.69) is 30.6 Å². The first kappa shape index (κ1) is 17.9. The molecule has 1 aromatic carbocycles. The molecule has 0 aliphatic carbocycles. The normalized spacial score (nSPS) is 12.2. The molecule has 3 rings (SSSR count). The second-order valence-electron chi connectivity index (χ2n) is 5.82. The standard InChI is InChI=1S/C16H17ClN6O3/c1-9(2)13(16-21-15(23-26-16)14-18-8-19-22-14)20-12(24)7-25-11-5-3-10(17)4-6-11/h3-6,8-9,13H,7H2,1-2H3,(H,20,24)(H,18,19,22)/t13-/m1/s1. The zero-order valence-corrected chi connectivity index (χ0v) is 14.9. The molecule has 26 heavy (non-hydrogen) atoms. The molecule has 136 valence electrons. The van der Waals surface area contributed by atoms with Crippen LogP contribution in [0.1, 0.15) is 25.8 Å². The quantitative estimate of drug-likeness (QED) is 0.649. The van der Waals surface area contributed by atoms with Crippen molar-refractivity contribution in [3.8, 4) is 17.4 Å². The highest BCUT2D eigenvalue weighted by molar-refractivity contribution is 6.30. The Morgan fingerprint density at radius 3 is 2.77 bits per heavy atom. The fourth-order valence-corrected chi connectivity index (χ4v) is 2.31. The Balaban J connectivity index is 1.63. The van der Waals surface area contributed by atoms with Crippen LogP contribution >= 0.6 is 11.6 Å². The van der Waals surface area contributed by atoms with Gasteiger partial charge in [0.15, 0.2) is 12.4 Å². The number of benzene rings is 1. The number of hydrogen-bond donors (Lipinski definition) is 2. The Kier molecular flexibility index (Phi) is 5.47. The molecule has 9 nitrogen and oxygen atoms in total. The lowest BCUT2D eigenvalue weighted by molar-refractivity contribution is -0.124. The number of halogens is 1. The molecule has 0 spiro atoms. The highest BCUT2D eigenvalue weighted by Gasteiger charge is 2.25. The van der Waals surface area contributed by atoms with Crippen molar-refractivity contribution < 1.29 is 14.1 Å². The number of carbonyl (C=O) groups excluding carboxylic acids is 1. The van der Waals surface area contributed by atoms with Crippen LogP contribution in [0.5, 0.6) is 5.75 Å². The Morgan fingerprint density at radius 1 is 1.35 bits per heavy atom. The number of nitrogens with one attached hydrogen (secondary N) is 2. The van der Waals surface area contributed by atoms with Crippen molar-refractivity contribution in [1.29, 1.82) is 0 Å². The number of H-pyrrole nitrogens is 1. The first-order chi connectivity index (χ1) is 12.5. The first-order valence-corrected chi connectivity index (χ1v) is 8.28. The minimum absolute atomic E-state index is 0.0255. The maximum atomic E-state index is 12.2. The number of hydrogen-bond acceptors (Lipinski definition) is 7. The third-order valence-corrected chi connectivity index (χ3v) is 3.75. The van der Waals surface area contributed by atoms with E-state index in [-0.39, 0.29) is 30.1 Å². The summed E-state index contributed by atoms with van der Waals surface area (Å²) >= 11 is 5.82. The van der Waals surface area contributed by atoms with Gasteiger partial charge in [-0.1, -0.05) is 30.6 Å². The minimum atomic E-state index is -0.458. The summed E-state index contributed by atoms with van der Waals surface area (Å²) in [5, 5.41) is 13.7. The Hall–Kier alpha value is -2.94. The predicted molar refractivity (Wildman–Crippen MR) is 92.3 cm³/mol. The van der Waals surface area contributed by atoms with Crippen molar-refractivity contribution in [1.82, 2.24) is 30.6 Å². The summed E-state index contributed by atoms with van der Waals surface area (Å²) in [6, 6.07) is 6.30. The van der Waals surface area contributed by atoms with Crippen LogP contribution in [0.25, 0.3) is 11.6 Å². The van der Waals surface area contributed by atoms with Crippen LogP contribution in [-0.4, -0.2) is 37.8 Å². The van der Waals surface area contributed by atoms with Gasteiger partial charge < -0.3 is 14.6 Å². The summed E-state index contributed by atoms with van der Waals surface area (Å²) in [7, 11) is 0. The van der Waals surface area contributed by atoms with Gasteiger partial charge in [-0.25, -0.2) is 4.98 Å². The zero-order valence-electron chi connectivity index (χ0n) is 14.1. The molecule has 0 saturated carbocycles. The van der Waals surface area contributed by atoms with E-state index in [1.165, 1.54) is 6.33 Å². The van der Waals surface area contributed by atoms with Gasteiger partial charge in [-0.3, -0.25) is 9.89 Å². The molecule has 2 aromatic heterocycles. The highest BCUT2D eigenvalue weighted by atomic mass is 35.5. The van der Waals surface area contributed by atoms with Gasteiger partial charge in [0.2, 0.25) is 11.7 Å². The van der Waals surface area contributed by atoms with E-state index >= 15 is 0 Å². The second kappa shape index (κ2) is 7.96. The van der Waals surface area contributed by atoms with Crippen LogP contribution in [0.15, 0.2) is 35.1 Å². The fraction of sp³-hybridized carbons (Fsp3) is 0.312. The van der Waals surface area contributed by atoms with Gasteiger partial charge in [0.1, 0.15) is 18.1 Å². The molecule has 0 unspecified atom stereocenters. The number of carbonyl (C=O) groups is 1. The molecule has 2 heterocycles. The molecule has 0 bridgehead atoms. The smallest absolute Gasteiger partial charge is 0.258 e. The average molecular weight is 377 g/mol. The zero-order chi connectivity index (χ0) is 18.5. The SMILES string of the molecule is CC(C)[C@@H](NC(=O)COc1ccc(Cl)cc1)c1nc(-c2ncn[nH]2)no1. The summed E-state index contributed by atoms with van der Waals surface area (Å²) in [6.45, 7) is 3.72. The van der Waals surface area contributed by atoms with Gasteiger partial charge in [-0.15, -0.1) is 0 Å². The fourth-order valence-electron chi connectivity index (χ4n) is 2.18. The van der Waals surface area contributed by atoms with E-state index in [0.717, 1.165) is 0 Å². The third kappa shape index (κ3) is 4.37. The van der Waals surface area contributed by atoms with Crippen LogP contribution < -0.4 is 10.1 Å². The molecule has 0 fully saturated rings. The van der Waals surface area contributed by atoms with Gasteiger partial charge in [-0.05, 0) is 30.2 Å². The van der Waals surface area contributed by atoms with E-state index in [1.807, 2.05) is 13.8 Å². The maximum absolute atomic E-state index is 12.2. The monoisotopic (exact) mass is 376 g/mol. The second-order valence-corrected chi connectivity index (χ2v) is 6.26. The lowest BCUT2D eigenvalue weighted by Gasteiger charge is -2.18. The molecule has 0 saturated heterocycles. The van der Waals surface area contributed by atoms with E-state index in [9.17, 15) is 4.79 Å². The lowest BCUT2D eigenvalue weighted by Crippen LogP contribution is -2.35. The van der Waals surface area contributed by atoms with Crippen LogP contribution in [0.3, 0.4) is 0 Å². The maximum Gasteiger partial charge on any atom is 0.258 e. The van der Waals surface area contributed by atoms with E-state index < -0.39 is 6.04 Å². The molecule has 0 aliphatic rings. The summed E-state index contributed by atoms with van der Waals surface area (Å²) < 4.78 is 10.7. The molecular formula is C16H17ClN6O3. The number of rotatable bonds is 7. The van der Waals surface area contributed by atoms with Gasteiger partial charge >= 0.3 is 0 Å². The minimum Gasteiger partial charge on any atom is -0.484 e. The predicted octanol–water partition coefficient (Wildman–Crippen LogP) is 2.40. The molecule has 0 radical (unpaired) electrons. The Bertz CT molecular complexity index is 847. The highest BCUT2D eigenvalue weighted by Crippen LogP contribution is 2.22. The molecule has 3 aromatic rings. The van der Waals surface area contributed by atoms with Crippen LogP contribution in [-0.2, 0) is 4.79 Å². The van der Waals surface area contributed by atoms with Gasteiger partial charge in [0, 0.05) is 5.02 Å². The van der Waals surface area contributed by atoms with Gasteiger partial charge in [0.25, 0.3) is 5.91 Å². The van der Waals surface area contributed by atoms with Crippen LogP contribution in [0.4, 0.5) is 0 Å². The number of aromatic amines is 1. The van der Waals surface area contributed by atoms with Crippen LogP contribution in [0.2, 0.25) is 5.02 Å². The van der Waals surface area contributed by atoms with Crippen molar-refractivity contribution >= 4 is 17.5 Å². The Morgan fingerprint density at radius 2 is 2.12 bits per heavy atom. The van der Waals surface area contributed by atoms with Crippen molar-refractivity contribution in [2.24, 2.45) is 5.92 Å². The Labute approximate surface area is 154 Å². The van der Waals surface area contributed by atoms with Gasteiger partial charge in [-0.2, -0.15) is 10.1 Å². The largest absolute Gasteiger partial charge is 0.484 e. The van der Waals surface area contributed by atoms with E-state index in [4.69, 9.17) is 20.9 Å². The van der Waals surface area contributed by atoms with E-state index in [0.29, 0.717) is 16.6 Å². The number of ether oxygens (including phenoxy) is 1. The number of amides is 1. The molecule has 10 heteroatoms. The lowest BCUT2D eigenvalue weighted by atomic mass is 10.0. The topological polar surface area (TPSA) is 119 Å². The molecule has 2 N–H and O–H groups in total. The first-order valence-electron chi connectivity index (χ1n) is 7.90. The van der Waals surface area contributed by atoms with Crippen molar-refractivity contribution in [3.05, 3.63) is 41.5 Å². The van der Waals surface area contributed by atoms with Crippen molar-refractivity contribution in [2.45, 2.75) is 19.9 Å². The van der Waals surface area contributed by atoms with Crippen molar-refractivity contribution in [3.63, 3.8) is 0 Å². The molecule has 0 aliphatic heterocycles. The molecule has 1 atom stereocenters. The number of nitrogens with zero attached hydrogens (tertiary/aromatic N) is 4. The number of aromatic nitrogens is 5. The summed E-state index contributed by atoms with van der Waals surface area (Å²) in [6.07, 6.45) is 1.35. The molecule has 1 amide bonds. The van der Waals surface area contributed by atoms with Crippen LogP contribution in [0, 0.1) is 5.92 Å². The van der Waals surface area contributed by atoms with Gasteiger partial charge in [0.05, 0.1) is 0 Å². The average Bonchev–Trinajstić information content (AvgIpc) is 3.30. The summed E-state index contributed by atoms with van der Waals surface area (Å²) in [4.78, 5) is 20.5. The molecular weight excluding hydrogens is 360 g/mol. The van der Waals surface area contributed by atoms with Crippen molar-refractivity contribution in [2.75, 3.05) is 6.61 Å².